The number of aliphatic hydroxyl groups is 1. The van der Waals surface area contributed by atoms with Gasteiger partial charge in [-0.1, -0.05) is 0 Å². The highest BCUT2D eigenvalue weighted by molar-refractivity contribution is 7.92. The van der Waals surface area contributed by atoms with Crippen LogP contribution in [0, 0.1) is 33.8 Å². The highest BCUT2D eigenvalue weighted by Crippen LogP contribution is 2.38. The monoisotopic (exact) mass is 631 g/mol. The largest absolute Gasteiger partial charge is 0.481 e. The van der Waals surface area contributed by atoms with E-state index in [-0.39, 0.29) is 57.8 Å². The molecule has 4 fully saturated rings. The molecular weight excluding hydrogens is 590 g/mol. The zero-order valence-corrected chi connectivity index (χ0v) is 24.8. The normalized spacial score (nSPS) is 37.0. The quantitative estimate of drug-likeness (QED) is 0.189. The number of hydrogen-bond donors (Lipinski definition) is 3. The van der Waals surface area contributed by atoms with Crippen LogP contribution in [0.15, 0.2) is 0 Å². The van der Waals surface area contributed by atoms with Gasteiger partial charge in [0.15, 0.2) is 9.84 Å². The molecule has 4 aliphatic rings. The Morgan fingerprint density at radius 3 is 1.56 bits per heavy atom. The third-order valence-electron chi connectivity index (χ3n) is 9.92. The molecule has 0 aromatic heterocycles. The minimum atomic E-state index is -3.53. The summed E-state index contributed by atoms with van der Waals surface area (Å²) >= 11 is 0. The molecule has 0 heterocycles. The van der Waals surface area contributed by atoms with Crippen molar-refractivity contribution in [2.75, 3.05) is 0 Å². The molecule has 0 saturated heterocycles. The van der Waals surface area contributed by atoms with Crippen molar-refractivity contribution in [3.8, 4) is 0 Å². The van der Waals surface area contributed by atoms with E-state index in [4.69, 9.17) is 9.47 Å². The zero-order chi connectivity index (χ0) is 31.5. The number of aliphatic hydroxyl groups excluding tert-OH is 1. The molecule has 4 rings (SSSR count). The first-order valence-electron chi connectivity index (χ1n) is 15.2. The van der Waals surface area contributed by atoms with Crippen molar-refractivity contribution in [1.29, 1.82) is 0 Å². The van der Waals surface area contributed by atoms with Gasteiger partial charge in [0.25, 0.3) is 0 Å². The zero-order valence-electron chi connectivity index (χ0n) is 24.0. The topological polar surface area (TPSA) is 225 Å². The van der Waals surface area contributed by atoms with E-state index in [0.717, 1.165) is 0 Å². The Labute approximate surface area is 249 Å². The molecule has 0 aromatic carbocycles. The van der Waals surface area contributed by atoms with Crippen molar-refractivity contribution in [2.24, 2.45) is 23.7 Å². The lowest BCUT2D eigenvalue weighted by Crippen LogP contribution is -2.43. The maximum Gasteiger partial charge on any atom is 0.310 e. The van der Waals surface area contributed by atoms with Crippen LogP contribution < -0.4 is 0 Å². The van der Waals surface area contributed by atoms with E-state index in [1.54, 1.807) is 0 Å². The average Bonchev–Trinajstić information content (AvgIpc) is 2.97. The van der Waals surface area contributed by atoms with Gasteiger partial charge in [0, 0.05) is 17.8 Å². The number of nitrogens with zero attached hydrogens (tertiary/aromatic N) is 1. The number of sulfone groups is 1. The summed E-state index contributed by atoms with van der Waals surface area (Å²) in [4.78, 5) is 59.5. The predicted octanol–water partition coefficient (Wildman–Crippen LogP) is 2.12. The van der Waals surface area contributed by atoms with Gasteiger partial charge in [-0.2, -0.15) is 0 Å². The molecule has 6 atom stereocenters. The molecule has 0 aliphatic heterocycles. The highest BCUT2D eigenvalue weighted by atomic mass is 32.2. The summed E-state index contributed by atoms with van der Waals surface area (Å²) in [5.41, 5.74) is 0. The van der Waals surface area contributed by atoms with E-state index in [1.807, 2.05) is 0 Å². The van der Waals surface area contributed by atoms with E-state index in [9.17, 15) is 53.0 Å². The van der Waals surface area contributed by atoms with Crippen LogP contribution in [-0.4, -0.2) is 87.4 Å². The summed E-state index contributed by atoms with van der Waals surface area (Å²) < 4.78 is 38.0. The smallest absolute Gasteiger partial charge is 0.310 e. The summed E-state index contributed by atoms with van der Waals surface area (Å²) in [5, 5.41) is 38.7. The maximum absolute atomic E-state index is 13.4. The SMILES string of the molecule is O=C(O)C1CC(O)CCC1C(=O)OC1CCC(S(=O)(=O)C2CCC(OC(=O)C3CC([N+](=O)[O-])CCC3C(=O)O)CC2)CC1. The van der Waals surface area contributed by atoms with E-state index in [0.29, 0.717) is 32.1 Å². The fourth-order valence-electron chi connectivity index (χ4n) is 7.33. The van der Waals surface area contributed by atoms with Gasteiger partial charge in [0.05, 0.1) is 40.3 Å². The number of ether oxygens (including phenoxy) is 2. The molecule has 0 radical (unpaired) electrons. The van der Waals surface area contributed by atoms with Crippen molar-refractivity contribution in [3.63, 3.8) is 0 Å². The molecule has 0 aromatic rings. The minimum Gasteiger partial charge on any atom is -0.481 e. The standard InChI is InChI=1S/C28H41NO13S/c30-16-2-12-22(23(14-16)26(33)34)27(35)41-17-3-7-19(8-4-17)43(39,40)20-9-5-18(6-10-20)42-28(36)24-13-15(29(37)38)1-11-21(24)25(31)32/h15-24,30H,1-14H2,(H,31,32)(H,33,34). The van der Waals surface area contributed by atoms with Gasteiger partial charge < -0.3 is 24.8 Å². The first-order valence-corrected chi connectivity index (χ1v) is 16.8. The Kier molecular flexibility index (Phi) is 10.7. The van der Waals surface area contributed by atoms with Crippen LogP contribution in [0.5, 0.6) is 0 Å². The third kappa shape index (κ3) is 7.83. The predicted molar refractivity (Wildman–Crippen MR) is 147 cm³/mol. The van der Waals surface area contributed by atoms with E-state index >= 15 is 0 Å². The maximum atomic E-state index is 13.4. The molecule has 14 nitrogen and oxygen atoms in total. The van der Waals surface area contributed by atoms with Gasteiger partial charge in [-0.15, -0.1) is 0 Å². The van der Waals surface area contributed by atoms with Gasteiger partial charge in [0.2, 0.25) is 6.04 Å². The van der Waals surface area contributed by atoms with Crippen molar-refractivity contribution >= 4 is 33.7 Å². The Morgan fingerprint density at radius 2 is 1.09 bits per heavy atom. The van der Waals surface area contributed by atoms with Crippen LogP contribution >= 0.6 is 0 Å². The molecule has 242 valence electrons. The van der Waals surface area contributed by atoms with Gasteiger partial charge in [0.1, 0.15) is 12.2 Å². The number of carboxylic acid groups (broad SMARTS) is 2. The Morgan fingerprint density at radius 1 is 0.628 bits per heavy atom. The summed E-state index contributed by atoms with van der Waals surface area (Å²) in [5.74, 6) is -7.76. The first kappa shape index (κ1) is 33.1. The fraction of sp³-hybridized carbons (Fsp3) is 0.857. The van der Waals surface area contributed by atoms with Crippen molar-refractivity contribution in [2.45, 2.75) is 125 Å². The van der Waals surface area contributed by atoms with Gasteiger partial charge >= 0.3 is 23.9 Å². The number of aliphatic carboxylic acids is 2. The van der Waals surface area contributed by atoms with Gasteiger partial charge in [-0.05, 0) is 77.0 Å². The number of carbonyl (C=O) groups excluding carboxylic acids is 2. The number of rotatable bonds is 9. The second kappa shape index (κ2) is 13.9. The van der Waals surface area contributed by atoms with Crippen LogP contribution in [0.3, 0.4) is 0 Å². The highest BCUT2D eigenvalue weighted by Gasteiger charge is 2.46. The first-order chi connectivity index (χ1) is 20.3. The lowest BCUT2D eigenvalue weighted by Gasteiger charge is -2.35. The Bertz CT molecular complexity index is 1170. The lowest BCUT2D eigenvalue weighted by atomic mass is 9.77. The summed E-state index contributed by atoms with van der Waals surface area (Å²) in [6, 6.07) is -1.00. The molecule has 4 saturated carbocycles. The molecule has 0 bridgehead atoms. The molecule has 6 unspecified atom stereocenters. The van der Waals surface area contributed by atoms with E-state index < -0.39 is 97.2 Å². The molecule has 43 heavy (non-hydrogen) atoms. The van der Waals surface area contributed by atoms with Gasteiger partial charge in [-0.25, -0.2) is 8.42 Å². The van der Waals surface area contributed by atoms with Crippen molar-refractivity contribution in [3.05, 3.63) is 10.1 Å². The van der Waals surface area contributed by atoms with Crippen molar-refractivity contribution in [1.82, 2.24) is 0 Å². The van der Waals surface area contributed by atoms with Crippen LogP contribution in [0.4, 0.5) is 0 Å². The second-order valence-electron chi connectivity index (χ2n) is 12.6. The number of nitro groups is 1. The Balaban J connectivity index is 1.24. The van der Waals surface area contributed by atoms with Crippen LogP contribution in [0.2, 0.25) is 0 Å². The summed E-state index contributed by atoms with van der Waals surface area (Å²) in [7, 11) is -3.53. The molecule has 0 spiro atoms. The number of hydrogen-bond acceptors (Lipinski definition) is 11. The molecule has 4 aliphatic carbocycles. The van der Waals surface area contributed by atoms with Crippen LogP contribution in [0.25, 0.3) is 0 Å². The second-order valence-corrected chi connectivity index (χ2v) is 15.1. The molecule has 0 amide bonds. The fourth-order valence-corrected chi connectivity index (χ4v) is 9.73. The van der Waals surface area contributed by atoms with E-state index in [1.165, 1.54) is 0 Å². The lowest BCUT2D eigenvalue weighted by molar-refractivity contribution is -0.528. The summed E-state index contributed by atoms with van der Waals surface area (Å²) in [6.07, 6.45) is 0.966. The van der Waals surface area contributed by atoms with Crippen LogP contribution in [0.1, 0.15) is 89.9 Å². The molecule has 15 heteroatoms. The molecular formula is C28H41NO13S. The van der Waals surface area contributed by atoms with E-state index in [2.05, 4.69) is 0 Å². The van der Waals surface area contributed by atoms with Crippen LogP contribution in [-0.2, 0) is 38.5 Å². The molecule has 3 N–H and O–H groups in total. The Hall–Kier alpha value is -2.81. The number of carbonyl (C=O) groups is 4. The minimum absolute atomic E-state index is 0.00692. The van der Waals surface area contributed by atoms with Crippen molar-refractivity contribution < 1.29 is 57.3 Å². The third-order valence-corrected chi connectivity index (χ3v) is 12.7. The number of esters is 2. The summed E-state index contributed by atoms with van der Waals surface area (Å²) in [6.45, 7) is 0. The van der Waals surface area contributed by atoms with Gasteiger partial charge in [-0.3, -0.25) is 29.3 Å². The average molecular weight is 632 g/mol. The number of carboxylic acids is 2.